The topological polar surface area (TPSA) is 66.6 Å². The molecule has 1 aliphatic heterocycles. The van der Waals surface area contributed by atoms with Crippen LogP contribution in [-0.2, 0) is 0 Å². The first-order chi connectivity index (χ1) is 12.2. The summed E-state index contributed by atoms with van der Waals surface area (Å²) >= 11 is 0. The number of amides is 1. The Balaban J connectivity index is 1.53. The number of likely N-dealkylation sites (tertiary alicyclic amines) is 1. The first-order valence-electron chi connectivity index (χ1n) is 8.60. The highest BCUT2D eigenvalue weighted by atomic mass is 16.4. The number of carbonyl (C=O) groups excluding carboxylic acids is 1. The second-order valence-electron chi connectivity index (χ2n) is 6.45. The average molecular weight is 336 g/mol. The summed E-state index contributed by atoms with van der Waals surface area (Å²) in [6.45, 7) is 0.697. The van der Waals surface area contributed by atoms with E-state index < -0.39 is 6.10 Å². The van der Waals surface area contributed by atoms with E-state index in [1.807, 2.05) is 35.2 Å². The molecule has 0 radical (unpaired) electrons. The van der Waals surface area contributed by atoms with Crippen LogP contribution in [0.4, 0.5) is 0 Å². The van der Waals surface area contributed by atoms with Crippen LogP contribution in [0.3, 0.4) is 0 Å². The molecule has 3 heterocycles. The first kappa shape index (κ1) is 15.8. The molecule has 1 N–H and O–H groups in total. The highest BCUT2D eigenvalue weighted by Gasteiger charge is 2.32. The predicted octanol–water partition coefficient (Wildman–Crippen LogP) is 3.56. The van der Waals surface area contributed by atoms with Crippen LogP contribution < -0.4 is 0 Å². The van der Waals surface area contributed by atoms with E-state index in [1.165, 1.54) is 0 Å². The van der Waals surface area contributed by atoms with Crippen LogP contribution >= 0.6 is 0 Å². The van der Waals surface area contributed by atoms with Crippen LogP contribution in [-0.4, -0.2) is 33.5 Å². The minimum Gasteiger partial charge on any atom is -0.467 e. The van der Waals surface area contributed by atoms with Gasteiger partial charge in [0.05, 0.1) is 11.8 Å². The van der Waals surface area contributed by atoms with Gasteiger partial charge >= 0.3 is 0 Å². The summed E-state index contributed by atoms with van der Waals surface area (Å²) in [5.74, 6) is 0.475. The standard InChI is InChI=1S/C20H20N2O3/c23-18(19-8-4-12-25-19)13-15-6-3-11-22(15)20(24)17-10-9-14-5-1-2-7-16(14)21-17/h1-2,4-5,7-10,12,15,18,23H,3,6,11,13H2. The normalized spacial score (nSPS) is 18.6. The summed E-state index contributed by atoms with van der Waals surface area (Å²) < 4.78 is 5.27. The number of aliphatic hydroxyl groups is 1. The van der Waals surface area contributed by atoms with E-state index in [1.54, 1.807) is 24.5 Å². The third kappa shape index (κ3) is 3.15. The number of fused-ring (bicyclic) bond motifs is 1. The van der Waals surface area contributed by atoms with Crippen molar-refractivity contribution in [3.05, 3.63) is 66.2 Å². The van der Waals surface area contributed by atoms with Crippen molar-refractivity contribution in [1.29, 1.82) is 0 Å². The number of nitrogens with zero attached hydrogens (tertiary/aromatic N) is 2. The molecule has 2 atom stereocenters. The molecule has 25 heavy (non-hydrogen) atoms. The zero-order valence-electron chi connectivity index (χ0n) is 13.8. The second-order valence-corrected chi connectivity index (χ2v) is 6.45. The maximum absolute atomic E-state index is 12.9. The van der Waals surface area contributed by atoms with Crippen LogP contribution in [0.2, 0.25) is 0 Å². The van der Waals surface area contributed by atoms with Crippen molar-refractivity contribution < 1.29 is 14.3 Å². The third-order valence-corrected chi connectivity index (χ3v) is 4.82. The average Bonchev–Trinajstić information content (AvgIpc) is 3.32. The van der Waals surface area contributed by atoms with Gasteiger partial charge in [0.25, 0.3) is 5.91 Å². The van der Waals surface area contributed by atoms with Crippen LogP contribution in [0.15, 0.2) is 59.2 Å². The minimum atomic E-state index is -0.696. The monoisotopic (exact) mass is 336 g/mol. The molecule has 1 aromatic carbocycles. The Morgan fingerprint density at radius 1 is 1.24 bits per heavy atom. The first-order valence-corrected chi connectivity index (χ1v) is 8.60. The number of benzene rings is 1. The van der Waals surface area contributed by atoms with Crippen LogP contribution in [0.1, 0.15) is 41.6 Å². The smallest absolute Gasteiger partial charge is 0.272 e. The fourth-order valence-electron chi connectivity index (χ4n) is 3.54. The van der Waals surface area contributed by atoms with E-state index >= 15 is 0 Å². The lowest BCUT2D eigenvalue weighted by atomic mass is 10.0. The quantitative estimate of drug-likeness (QED) is 0.791. The number of para-hydroxylation sites is 1. The molecule has 3 aromatic rings. The van der Waals surface area contributed by atoms with E-state index in [4.69, 9.17) is 4.42 Å². The molecule has 4 rings (SSSR count). The van der Waals surface area contributed by atoms with Crippen molar-refractivity contribution in [3.63, 3.8) is 0 Å². The Labute approximate surface area is 145 Å². The molecule has 5 nitrogen and oxygen atoms in total. The number of rotatable bonds is 4. The van der Waals surface area contributed by atoms with Gasteiger partial charge < -0.3 is 14.4 Å². The SMILES string of the molecule is O=C(c1ccc2ccccc2n1)N1CCCC1CC(O)c1ccco1. The molecule has 2 aromatic heterocycles. The van der Waals surface area contributed by atoms with Gasteiger partial charge in [0, 0.05) is 24.4 Å². The number of hydrogen-bond donors (Lipinski definition) is 1. The van der Waals surface area contributed by atoms with Gasteiger partial charge in [-0.15, -0.1) is 0 Å². The lowest BCUT2D eigenvalue weighted by molar-refractivity contribution is 0.0636. The Morgan fingerprint density at radius 3 is 2.96 bits per heavy atom. The fraction of sp³-hybridized carbons (Fsp3) is 0.300. The summed E-state index contributed by atoms with van der Waals surface area (Å²) in [4.78, 5) is 19.3. The summed E-state index contributed by atoms with van der Waals surface area (Å²) in [5.41, 5.74) is 1.28. The summed E-state index contributed by atoms with van der Waals surface area (Å²) in [7, 11) is 0. The molecule has 0 saturated carbocycles. The fourth-order valence-corrected chi connectivity index (χ4v) is 3.54. The van der Waals surface area contributed by atoms with Gasteiger partial charge in [-0.1, -0.05) is 24.3 Å². The van der Waals surface area contributed by atoms with Gasteiger partial charge in [-0.25, -0.2) is 4.98 Å². The maximum Gasteiger partial charge on any atom is 0.272 e. The van der Waals surface area contributed by atoms with Crippen LogP contribution in [0, 0.1) is 0 Å². The third-order valence-electron chi connectivity index (χ3n) is 4.82. The van der Waals surface area contributed by atoms with Crippen LogP contribution in [0.25, 0.3) is 10.9 Å². The number of pyridine rings is 1. The van der Waals surface area contributed by atoms with Gasteiger partial charge in [0.1, 0.15) is 17.6 Å². The highest BCUT2D eigenvalue weighted by Crippen LogP contribution is 2.28. The van der Waals surface area contributed by atoms with Gasteiger partial charge in [-0.3, -0.25) is 4.79 Å². The number of hydrogen-bond acceptors (Lipinski definition) is 4. The Hall–Kier alpha value is -2.66. The Kier molecular flexibility index (Phi) is 4.24. The molecule has 1 amide bonds. The zero-order chi connectivity index (χ0) is 17.2. The van der Waals surface area contributed by atoms with Gasteiger partial charge in [0.2, 0.25) is 0 Å². The summed E-state index contributed by atoms with van der Waals surface area (Å²) in [5, 5.41) is 11.4. The number of aromatic nitrogens is 1. The van der Waals surface area contributed by atoms with E-state index in [9.17, 15) is 9.90 Å². The number of aliphatic hydroxyl groups excluding tert-OH is 1. The molecule has 0 spiro atoms. The Morgan fingerprint density at radius 2 is 2.12 bits per heavy atom. The van der Waals surface area contributed by atoms with Crippen molar-refractivity contribution in [3.8, 4) is 0 Å². The molecular weight excluding hydrogens is 316 g/mol. The van der Waals surface area contributed by atoms with Crippen molar-refractivity contribution in [2.75, 3.05) is 6.54 Å². The Bertz CT molecular complexity index is 876. The molecule has 1 aliphatic rings. The van der Waals surface area contributed by atoms with Gasteiger partial charge in [-0.05, 0) is 37.1 Å². The van der Waals surface area contributed by atoms with Crippen molar-refractivity contribution in [1.82, 2.24) is 9.88 Å². The molecular formula is C20H20N2O3. The predicted molar refractivity (Wildman–Crippen MR) is 94.1 cm³/mol. The lowest BCUT2D eigenvalue weighted by Crippen LogP contribution is -2.36. The molecule has 1 fully saturated rings. The zero-order valence-corrected chi connectivity index (χ0v) is 13.8. The molecule has 0 aliphatic carbocycles. The number of carbonyl (C=O) groups is 1. The highest BCUT2D eigenvalue weighted by molar-refractivity contribution is 5.95. The largest absolute Gasteiger partial charge is 0.467 e. The van der Waals surface area contributed by atoms with E-state index in [2.05, 4.69) is 4.98 Å². The lowest BCUT2D eigenvalue weighted by Gasteiger charge is -2.26. The van der Waals surface area contributed by atoms with Crippen molar-refractivity contribution in [2.24, 2.45) is 0 Å². The van der Waals surface area contributed by atoms with Crippen molar-refractivity contribution >= 4 is 16.8 Å². The van der Waals surface area contributed by atoms with E-state index in [-0.39, 0.29) is 11.9 Å². The van der Waals surface area contributed by atoms with E-state index in [0.29, 0.717) is 24.4 Å². The number of furan rings is 1. The van der Waals surface area contributed by atoms with Crippen LogP contribution in [0.5, 0.6) is 0 Å². The summed E-state index contributed by atoms with van der Waals surface area (Å²) in [6.07, 6.45) is 3.16. The molecule has 5 heteroatoms. The van der Waals surface area contributed by atoms with Crippen molar-refractivity contribution in [2.45, 2.75) is 31.4 Å². The maximum atomic E-state index is 12.9. The van der Waals surface area contributed by atoms with Gasteiger partial charge in [-0.2, -0.15) is 0 Å². The molecule has 128 valence electrons. The summed E-state index contributed by atoms with van der Waals surface area (Å²) in [6, 6.07) is 15.0. The molecule has 0 bridgehead atoms. The molecule has 1 saturated heterocycles. The van der Waals surface area contributed by atoms with Gasteiger partial charge in [0.15, 0.2) is 0 Å². The minimum absolute atomic E-state index is 0.000806. The molecule has 2 unspecified atom stereocenters. The second kappa shape index (κ2) is 6.69. The van der Waals surface area contributed by atoms with E-state index in [0.717, 1.165) is 23.7 Å².